The van der Waals surface area contributed by atoms with Crippen molar-refractivity contribution in [2.75, 3.05) is 0 Å². The third kappa shape index (κ3) is 46.9. The predicted octanol–water partition coefficient (Wildman–Crippen LogP) is 38.2. The van der Waals surface area contributed by atoms with Gasteiger partial charge in [0.25, 0.3) is 0 Å². The molecule has 677 valence electrons. The molecule has 133 heavy (non-hydrogen) atoms. The molecule has 0 aliphatic rings. The molecule has 0 saturated carbocycles. The second kappa shape index (κ2) is 100. The van der Waals surface area contributed by atoms with Crippen LogP contribution >= 0.6 is 0 Å². The van der Waals surface area contributed by atoms with E-state index in [1.54, 1.807) is 0 Å². The van der Waals surface area contributed by atoms with Crippen molar-refractivity contribution < 1.29 is 591 Å². The number of hydrogen-bond acceptors (Lipinski definition) is 8. The van der Waals surface area contributed by atoms with E-state index in [4.69, 9.17) is 35.3 Å². The summed E-state index contributed by atoms with van der Waals surface area (Å²) in [5, 5.41) is 18.3. The fourth-order valence-electron chi connectivity index (χ4n) is 12.8. The van der Waals surface area contributed by atoms with E-state index in [0.717, 1.165) is 179 Å². The summed E-state index contributed by atoms with van der Waals surface area (Å²) in [7, 11) is 0. The van der Waals surface area contributed by atoms with Gasteiger partial charge in [0.1, 0.15) is 67.0 Å². The van der Waals surface area contributed by atoms with Crippen molar-refractivity contribution in [1.29, 1.82) is 0 Å². The minimum atomic E-state index is 0. The largest absolute Gasteiger partial charge is 0.456 e. The Morgan fingerprint density at radius 2 is 0.286 bits per heavy atom. The minimum absolute atomic E-state index is 0. The smallest absolute Gasteiger partial charge is 0.178 e. The van der Waals surface area contributed by atoms with Gasteiger partial charge in [0.2, 0.25) is 0 Å². The van der Waals surface area contributed by atoms with Gasteiger partial charge >= 0.3 is 0 Å². The maximum atomic E-state index is 6.04. The molecule has 0 aliphatic heterocycles. The molecule has 20 rings (SSSR count). The van der Waals surface area contributed by atoms with Crippen LogP contribution in [0.4, 0.5) is 0 Å². The van der Waals surface area contributed by atoms with Crippen molar-refractivity contribution in [3.63, 3.8) is 0 Å². The summed E-state index contributed by atoms with van der Waals surface area (Å²) >= 11 is 0. The Kier molecular flexibility index (Phi) is 138. The van der Waals surface area contributed by atoms with E-state index in [2.05, 4.69) is 184 Å². The molecule has 8 aromatic heterocycles. The molecular weight excluding hydrogens is 2940 g/mol. The molecule has 25 heteroatoms. The first-order valence-corrected chi connectivity index (χ1v) is 40.7. The van der Waals surface area contributed by atoms with Gasteiger partial charge in [-0.3, -0.25) is 0 Å². The second-order valence-corrected chi connectivity index (χ2v) is 24.3. The summed E-state index contributed by atoms with van der Waals surface area (Å²) in [6, 6.07) is 76.7. The van der Waals surface area contributed by atoms with Gasteiger partial charge in [-0.2, -0.15) is 0 Å². The number of furan rings is 8. The number of benzene rings is 12. The zero-order valence-electron chi connectivity index (χ0n) is 86.2. The second-order valence-electron chi connectivity index (χ2n) is 24.3. The fraction of sp³-hybridized carbons (Fsp3) is 0.269. The van der Waals surface area contributed by atoms with Crippen LogP contribution in [-0.2, 0) is 575 Å². The minimum Gasteiger partial charge on any atom is -0.456 e. The van der Waals surface area contributed by atoms with Crippen LogP contribution in [-0.4, -0.2) is 0 Å². The first-order chi connectivity index (χ1) is 53.7. The number of para-hydroxylation sites is 5. The molecule has 0 unspecified atom stereocenters. The van der Waals surface area contributed by atoms with Crippen molar-refractivity contribution in [2.45, 2.75) is 198 Å². The maximum absolute atomic E-state index is 6.04. The molecule has 8 nitrogen and oxygen atoms in total. The molecule has 20 aromatic rings. The molecule has 8 heterocycles. The van der Waals surface area contributed by atoms with Crippen LogP contribution in [0.25, 0.3) is 176 Å². The average Bonchev–Trinajstić information content (AvgIpc) is 1.62. The van der Waals surface area contributed by atoms with E-state index in [0.29, 0.717) is 0 Å². The molecule has 0 bridgehead atoms. The van der Waals surface area contributed by atoms with E-state index in [1.807, 2.05) is 200 Å². The van der Waals surface area contributed by atoms with Gasteiger partial charge in [-0.1, -0.05) is 288 Å². The summed E-state index contributed by atoms with van der Waals surface area (Å²) in [4.78, 5) is 0. The number of aryl methyl sites for hydroxylation is 3. The summed E-state index contributed by atoms with van der Waals surface area (Å²) in [5.74, 6) is 0. The van der Waals surface area contributed by atoms with Crippen molar-refractivity contribution >= 4 is 176 Å². The Hall–Kier alpha value is 7.81. The molecular formula is C108H139O8Y17-7. The normalized spacial score (nSPS) is 8.50. The molecule has 17 radical (unpaired) electrons. The Morgan fingerprint density at radius 1 is 0.143 bits per heavy atom. The number of hydrogen-bond donors (Lipinski definition) is 0. The van der Waals surface area contributed by atoms with Gasteiger partial charge in [-0.25, -0.2) is 0 Å². The van der Waals surface area contributed by atoms with Gasteiger partial charge < -0.3 is 87.3 Å². The SMILES string of the molecule is CC.CC.CC.CC.CC.CC.CC.CCC.CCC.CCC.CCc1ccc2oc3cc4oc5ccc(CC)cc5c4cc3c2c1.CCc1ccc2oc3cc4oc5ccccc5c4cc3c2c1.[CH3-].[CH3-].[CH3-].[CH3-].[CH3-].[CH3-].[CH3-].[Y].[Y].[Y].[Y].[Y].[Y].[Y].[Y].[Y].[Y].[Y].[Y].[Y].[Y].[Y].[Y].[Y].c1ccc2c(c1)oc1c2ccc2c3ccccc3oc21.c1ccc2c(c1)oc1c2ccc2c3ccccc3oc21. The van der Waals surface area contributed by atoms with Crippen molar-refractivity contribution in [1.82, 2.24) is 0 Å². The monoisotopic (exact) mass is 3080 g/mol. The van der Waals surface area contributed by atoms with Crippen molar-refractivity contribution in [2.24, 2.45) is 0 Å². The summed E-state index contributed by atoms with van der Waals surface area (Å²) in [6.07, 6.45) is 6.83. The summed E-state index contributed by atoms with van der Waals surface area (Å²) < 4.78 is 48.0. The van der Waals surface area contributed by atoms with Gasteiger partial charge in [-0.15, -0.1) is 0 Å². The van der Waals surface area contributed by atoms with Crippen LogP contribution in [0, 0.1) is 52.0 Å². The standard InChI is InChI=1S/C22H18O2.C20H14O2.2C18H10O2.3C3H8.7C2H6.7CH3.17Y/c1-3-13-5-7-19-15(9-13)17-11-18-16-10-14(4-2)6-8-20(16)24-22(18)12-21(17)23-19;1-2-12-7-8-18-14(9-12)16-10-15-13-5-3-4-6-17(13)21-19(15)11-20(16)22-18;2*1-3-7-15-11(5-1)13-9-10-14-12-6-2-4-8-16(12)20-18(14)17(13)19-15;3*1-3-2;7*1-2;;;;;;;;;;;;;;;;;;;;;;;;/h5-12H,3-4H2,1-2H3;3-11H,2H2,1H3;2*1-10H;3*3H2,1-2H3;7*1-2H3;7*1H3;;;;;;;;;;;;;;;;;/q;;;;;;;;;;;;;;7*-1;;;;;;;;;;;;;;;;;. The molecule has 0 N–H and O–H groups in total. The van der Waals surface area contributed by atoms with Crippen LogP contribution < -0.4 is 0 Å². The third-order valence-corrected chi connectivity index (χ3v) is 17.2. The molecule has 12 aromatic carbocycles. The third-order valence-electron chi connectivity index (χ3n) is 17.2. The average molecular weight is 3080 g/mol. The predicted molar refractivity (Wildman–Crippen MR) is 524 cm³/mol. The van der Waals surface area contributed by atoms with E-state index < -0.39 is 0 Å². The molecule has 0 aliphatic carbocycles. The quantitative estimate of drug-likeness (QED) is 0.161. The first kappa shape index (κ1) is 182. The van der Waals surface area contributed by atoms with E-state index in [9.17, 15) is 0 Å². The zero-order chi connectivity index (χ0) is 79.3. The zero-order valence-corrected chi connectivity index (χ0v) is 134. The maximum Gasteiger partial charge on any atom is 0.178 e. The molecule has 0 fully saturated rings. The van der Waals surface area contributed by atoms with E-state index in [1.165, 1.54) is 52.1 Å². The van der Waals surface area contributed by atoms with Crippen LogP contribution in [0.2, 0.25) is 0 Å². The summed E-state index contributed by atoms with van der Waals surface area (Å²) in [6.45, 7) is 47.3. The molecule has 0 atom stereocenters. The Labute approximate surface area is 1230 Å². The Bertz CT molecular complexity index is 5740. The van der Waals surface area contributed by atoms with Gasteiger partial charge in [0.15, 0.2) is 22.3 Å². The number of rotatable bonds is 3. The van der Waals surface area contributed by atoms with Crippen molar-refractivity contribution in [3.8, 4) is 0 Å². The fourth-order valence-corrected chi connectivity index (χ4v) is 12.8. The summed E-state index contributed by atoms with van der Waals surface area (Å²) in [5.41, 5.74) is 18.2. The van der Waals surface area contributed by atoms with E-state index >= 15 is 0 Å². The van der Waals surface area contributed by atoms with E-state index in [-0.39, 0.29) is 608 Å². The topological polar surface area (TPSA) is 105 Å². The molecule has 0 amide bonds. The first-order valence-electron chi connectivity index (χ1n) is 40.7. The van der Waals surface area contributed by atoms with Gasteiger partial charge in [0, 0.05) is 654 Å². The Morgan fingerprint density at radius 3 is 0.466 bits per heavy atom. The van der Waals surface area contributed by atoms with Crippen LogP contribution in [0.3, 0.4) is 0 Å². The molecule has 0 spiro atoms. The molecule has 0 saturated heterocycles. The number of fused-ring (bicyclic) bond motifs is 26. The van der Waals surface area contributed by atoms with Crippen molar-refractivity contribution in [3.05, 3.63) is 293 Å². The van der Waals surface area contributed by atoms with Crippen LogP contribution in [0.1, 0.15) is 195 Å². The van der Waals surface area contributed by atoms with Crippen LogP contribution in [0.5, 0.6) is 0 Å². The Balaban J connectivity index is -0.0000000730. The van der Waals surface area contributed by atoms with Crippen LogP contribution in [0.15, 0.2) is 260 Å². The van der Waals surface area contributed by atoms with Gasteiger partial charge in [0.05, 0.1) is 0 Å². The van der Waals surface area contributed by atoms with Gasteiger partial charge in [-0.05, 0) is 139 Å².